The normalized spacial score (nSPS) is 10.5. The number of hydrogen-bond acceptors (Lipinski definition) is 8. The van der Waals surface area contributed by atoms with Crippen molar-refractivity contribution in [3.8, 4) is 0 Å². The van der Waals surface area contributed by atoms with Crippen LogP contribution >= 0.6 is 14.7 Å². The molecule has 15 heteroatoms. The second-order valence-electron chi connectivity index (χ2n) is 3.84. The van der Waals surface area contributed by atoms with Crippen LogP contribution in [0.2, 0.25) is 0 Å². The van der Waals surface area contributed by atoms with E-state index in [9.17, 15) is 38.1 Å². The van der Waals surface area contributed by atoms with Crippen LogP contribution in [0.4, 0.5) is 0 Å². The van der Waals surface area contributed by atoms with Crippen molar-refractivity contribution >= 4 is 76.4 Å². The van der Waals surface area contributed by atoms with Crippen molar-refractivity contribution in [3.05, 3.63) is 0 Å². The van der Waals surface area contributed by atoms with Gasteiger partial charge >= 0.3 is 61.6 Å². The van der Waals surface area contributed by atoms with Crippen LogP contribution in [0.25, 0.3) is 0 Å². The van der Waals surface area contributed by atoms with E-state index >= 15 is 0 Å². The van der Waals surface area contributed by atoms with Gasteiger partial charge in [0, 0.05) is 14.7 Å². The van der Waals surface area contributed by atoms with Gasteiger partial charge in [0.25, 0.3) is 0 Å². The largest absolute Gasteiger partial charge is 2.00 e. The molecule has 0 rings (SSSR count). The molecule has 23 heavy (non-hydrogen) atoms. The van der Waals surface area contributed by atoms with Crippen molar-refractivity contribution in [2.45, 2.75) is 0 Å². The number of hydrogen-bond donors (Lipinski definition) is 4. The number of aliphatic carboxylic acids is 4. The zero-order chi connectivity index (χ0) is 18.1. The first kappa shape index (κ1) is 27.4. The predicted octanol–water partition coefficient (Wildman–Crippen LogP) is -2.79. The van der Waals surface area contributed by atoms with E-state index in [-0.39, 0.29) is 37.7 Å². The first-order valence-electron chi connectivity index (χ1n) is 5.12. The predicted molar refractivity (Wildman–Crippen MR) is 71.0 cm³/mol. The Morgan fingerprint density at radius 3 is 0.826 bits per heavy atom. The summed E-state index contributed by atoms with van der Waals surface area (Å²) in [4.78, 5) is 60.4. The molecule has 0 aliphatic heterocycles. The molecule has 128 valence electrons. The van der Waals surface area contributed by atoms with Crippen LogP contribution in [0, 0.1) is 0 Å². The Bertz CT molecular complexity index is 455. The summed E-state index contributed by atoms with van der Waals surface area (Å²) in [6.07, 6.45) is -4.45. The molecule has 0 amide bonds. The van der Waals surface area contributed by atoms with Crippen molar-refractivity contribution in [1.29, 1.82) is 0 Å². The smallest absolute Gasteiger partial charge is 0.799 e. The van der Waals surface area contributed by atoms with Crippen molar-refractivity contribution < 1.29 is 58.5 Å². The van der Waals surface area contributed by atoms with Crippen LogP contribution in [-0.4, -0.2) is 107 Å². The van der Waals surface area contributed by atoms with Gasteiger partial charge in [-0.15, -0.1) is 0 Å². The summed E-state index contributed by atoms with van der Waals surface area (Å²) in [6.45, 7) is 0. The minimum atomic E-state index is -4.25. The fraction of sp³-hybridized carbons (Fsp3) is 0.500. The molecule has 0 unspecified atom stereocenters. The number of carboxylic acids is 4. The summed E-state index contributed by atoms with van der Waals surface area (Å²) >= 11 is 0. The maximum absolute atomic E-state index is 10.5. The summed E-state index contributed by atoms with van der Waals surface area (Å²) in [5.41, 5.74) is 0. The molecule has 0 aliphatic rings. The molecule has 0 aromatic carbocycles. The number of carbonyl (C=O) groups is 4. The molecule has 0 saturated carbocycles. The van der Waals surface area contributed by atoms with Gasteiger partial charge < -0.3 is 39.3 Å². The van der Waals surface area contributed by atoms with Crippen molar-refractivity contribution in [2.24, 2.45) is 0 Å². The molecule has 0 bridgehead atoms. The van der Waals surface area contributed by atoms with E-state index in [2.05, 4.69) is 0 Å². The minimum Gasteiger partial charge on any atom is -0.799 e. The average Bonchev–Trinajstić information content (AvgIpc) is 2.06. The fourth-order valence-electron chi connectivity index (χ4n) is 0.936. The van der Waals surface area contributed by atoms with Crippen LogP contribution in [0.5, 0.6) is 0 Å². The zero-order valence-corrected chi connectivity index (χ0v) is 15.5. The van der Waals surface area contributed by atoms with Crippen molar-refractivity contribution in [2.75, 3.05) is 24.6 Å². The molecule has 0 saturated heterocycles. The van der Waals surface area contributed by atoms with Crippen LogP contribution in [0.15, 0.2) is 0 Å². The summed E-state index contributed by atoms with van der Waals surface area (Å²) in [7, 11) is -8.51. The number of carboxylic acid groups (broad SMARTS) is 4. The molecule has 0 fully saturated rings. The monoisotopic (exact) mass is 402 g/mol. The Morgan fingerprint density at radius 1 is 0.609 bits per heavy atom. The summed E-state index contributed by atoms with van der Waals surface area (Å²) < 4.78 is 21.0. The van der Waals surface area contributed by atoms with E-state index in [0.717, 1.165) is 0 Å². The molecule has 0 aromatic rings. The average molecular weight is 402 g/mol. The third-order valence-corrected chi connectivity index (χ3v) is 4.51. The Hall–Kier alpha value is -0.480. The van der Waals surface area contributed by atoms with Gasteiger partial charge in [-0.1, -0.05) is 0 Å². The Labute approximate surface area is 159 Å². The fourth-order valence-corrected chi connectivity index (χ4v) is 2.81. The third kappa shape index (κ3) is 21.5. The molecule has 0 aromatic heterocycles. The van der Waals surface area contributed by atoms with Gasteiger partial charge in [-0.25, -0.2) is 0 Å². The van der Waals surface area contributed by atoms with E-state index in [4.69, 9.17) is 20.4 Å². The van der Waals surface area contributed by atoms with Crippen LogP contribution in [0.1, 0.15) is 0 Å². The van der Waals surface area contributed by atoms with Gasteiger partial charge in [0.1, 0.15) is 0 Å². The molecular weight excluding hydrogens is 390 g/mol. The van der Waals surface area contributed by atoms with Crippen LogP contribution in [0.3, 0.4) is 0 Å². The van der Waals surface area contributed by atoms with E-state index in [1.54, 1.807) is 0 Å². The second-order valence-corrected chi connectivity index (χ2v) is 8.36. The topological polar surface area (TPSA) is 229 Å². The van der Waals surface area contributed by atoms with Crippen LogP contribution < -0.4 is 9.79 Å². The maximum atomic E-state index is 10.5. The standard InChI is InChI=1S/2C4H7O6P.Ca/c2*5-3(6)1-11(9,10)2-4(7)8;/h2*1-2H2,(H,5,6)(H,7,8)(H,9,10);/q;;+2/p-2. The molecule has 4 N–H and O–H groups in total. The molecule has 12 nitrogen and oxygen atoms in total. The second kappa shape index (κ2) is 12.0. The summed E-state index contributed by atoms with van der Waals surface area (Å²) in [5, 5.41) is 32.0. The van der Waals surface area contributed by atoms with E-state index in [1.807, 2.05) is 0 Å². The zero-order valence-electron chi connectivity index (χ0n) is 11.5. The maximum Gasteiger partial charge on any atom is 2.00 e. The molecule has 0 atom stereocenters. The Balaban J connectivity index is -0.000000333. The molecule has 0 spiro atoms. The first-order chi connectivity index (χ1) is 9.67. The van der Waals surface area contributed by atoms with Gasteiger partial charge in [-0.2, -0.15) is 0 Å². The third-order valence-electron chi connectivity index (χ3n) is 1.50. The van der Waals surface area contributed by atoms with E-state index in [0.29, 0.717) is 0 Å². The van der Waals surface area contributed by atoms with E-state index in [1.165, 1.54) is 0 Å². The van der Waals surface area contributed by atoms with E-state index < -0.39 is 63.3 Å². The van der Waals surface area contributed by atoms with Crippen molar-refractivity contribution in [3.63, 3.8) is 0 Å². The van der Waals surface area contributed by atoms with Gasteiger partial charge in [-0.05, 0) is 0 Å². The van der Waals surface area contributed by atoms with Gasteiger partial charge in [-0.3, -0.25) is 19.2 Å². The molecule has 0 radical (unpaired) electrons. The van der Waals surface area contributed by atoms with Gasteiger partial charge in [0.15, 0.2) is 0 Å². The summed E-state index contributed by atoms with van der Waals surface area (Å²) in [5.74, 6) is -6.15. The summed E-state index contributed by atoms with van der Waals surface area (Å²) in [6, 6.07) is 0. The molecule has 0 aliphatic carbocycles. The van der Waals surface area contributed by atoms with Gasteiger partial charge in [0.2, 0.25) is 0 Å². The minimum absolute atomic E-state index is 0. The SMILES string of the molecule is O=C(O)CP(=O)([O-])CC(=O)O.O=C(O)CP(=O)([O-])CC(=O)O.[Ca+2]. The number of rotatable bonds is 8. The van der Waals surface area contributed by atoms with Crippen molar-refractivity contribution in [1.82, 2.24) is 0 Å². The Morgan fingerprint density at radius 2 is 0.739 bits per heavy atom. The quantitative estimate of drug-likeness (QED) is 0.238. The van der Waals surface area contributed by atoms with Crippen LogP contribution in [-0.2, 0) is 28.3 Å². The first-order valence-corrected chi connectivity index (χ1v) is 9.11. The molecule has 0 heterocycles. The Kier molecular flexibility index (Phi) is 14.2. The molecular formula is C8H12CaO12P2. The van der Waals surface area contributed by atoms with Gasteiger partial charge in [0.05, 0.1) is 24.6 Å².